The van der Waals surface area contributed by atoms with Crippen molar-refractivity contribution in [1.29, 1.82) is 0 Å². The smallest absolute Gasteiger partial charge is 0.314 e. The lowest BCUT2D eigenvalue weighted by molar-refractivity contribution is 0.238. The molecule has 1 aliphatic heterocycles. The van der Waals surface area contributed by atoms with Crippen molar-refractivity contribution in [2.24, 2.45) is 0 Å². The zero-order valence-electron chi connectivity index (χ0n) is 22.4. The molecule has 182 valence electrons. The summed E-state index contributed by atoms with van der Waals surface area (Å²) < 4.78 is 17.6. The topological polar surface area (TPSA) is 27.7 Å². The Morgan fingerprint density at radius 2 is 1.12 bits per heavy atom. The van der Waals surface area contributed by atoms with Crippen molar-refractivity contribution >= 4 is 37.3 Å². The summed E-state index contributed by atoms with van der Waals surface area (Å²) in [6, 6.07) is 18.6. The molecule has 0 radical (unpaired) electrons. The second kappa shape index (κ2) is 11.7. The zero-order chi connectivity index (χ0) is 25.5. The average molecular weight is 501 g/mol. The van der Waals surface area contributed by atoms with E-state index in [0.717, 1.165) is 5.57 Å². The van der Waals surface area contributed by atoms with Crippen LogP contribution in [0.1, 0.15) is 44.4 Å². The van der Waals surface area contributed by atoms with Gasteiger partial charge in [0.15, 0.2) is 0 Å². The van der Waals surface area contributed by atoms with Gasteiger partial charge in [-0.3, -0.25) is 0 Å². The van der Waals surface area contributed by atoms with Crippen LogP contribution in [0.2, 0.25) is 39.3 Å². The zero-order valence-corrected chi connectivity index (χ0v) is 25.4. The van der Waals surface area contributed by atoms with Gasteiger partial charge in [-0.1, -0.05) is 100 Å². The molecule has 3 nitrogen and oxygen atoms in total. The molecule has 0 unspecified atom stereocenters. The van der Waals surface area contributed by atoms with E-state index in [1.54, 1.807) is 0 Å². The van der Waals surface area contributed by atoms with Crippen LogP contribution in [0.25, 0.3) is 11.6 Å². The molecular formula is C27H44O3Si3. The standard InChI is InChI=1S/C12H16.C9H10.C6H18O3Si3/c1-5-10-8-6-7-9-11(10)12(2,3)4;1-8(2)9-6-4-3-5-7-9;1-10(2)7-11(3,4)9-12(5,6)8-10/h5-9H,1H2,2-4H3;3-7H,1H2,2H3;1-6H3. The summed E-state index contributed by atoms with van der Waals surface area (Å²) in [5, 5.41) is 0. The summed E-state index contributed by atoms with van der Waals surface area (Å²) >= 11 is 0. The molecule has 0 aromatic heterocycles. The molecular weight excluding hydrogens is 457 g/mol. The minimum Gasteiger partial charge on any atom is -0.416 e. The Morgan fingerprint density at radius 3 is 1.42 bits per heavy atom. The Labute approximate surface area is 206 Å². The van der Waals surface area contributed by atoms with Gasteiger partial charge in [-0.2, -0.15) is 0 Å². The van der Waals surface area contributed by atoms with Crippen molar-refractivity contribution in [2.75, 3.05) is 0 Å². The quantitative estimate of drug-likeness (QED) is 0.387. The minimum absolute atomic E-state index is 0.213. The average Bonchev–Trinajstić information content (AvgIpc) is 2.65. The monoisotopic (exact) mass is 500 g/mol. The molecule has 1 heterocycles. The van der Waals surface area contributed by atoms with Gasteiger partial charge in [0.25, 0.3) is 0 Å². The molecule has 6 heteroatoms. The van der Waals surface area contributed by atoms with E-state index >= 15 is 0 Å². The third-order valence-corrected chi connectivity index (χ3v) is 16.5. The Bertz CT molecular complexity index is 868. The van der Waals surface area contributed by atoms with Gasteiger partial charge < -0.3 is 12.3 Å². The molecule has 0 bridgehead atoms. The van der Waals surface area contributed by atoms with Crippen molar-refractivity contribution < 1.29 is 12.3 Å². The lowest BCUT2D eigenvalue weighted by atomic mass is 9.84. The van der Waals surface area contributed by atoms with E-state index in [9.17, 15) is 0 Å². The molecule has 33 heavy (non-hydrogen) atoms. The fraction of sp³-hybridized carbons (Fsp3) is 0.407. The molecule has 1 aliphatic rings. The maximum absolute atomic E-state index is 5.86. The number of hydrogen-bond donors (Lipinski definition) is 0. The summed E-state index contributed by atoms with van der Waals surface area (Å²) in [6.07, 6.45) is 1.92. The third-order valence-electron chi connectivity index (χ3n) is 4.73. The second-order valence-corrected chi connectivity index (χ2v) is 21.5. The van der Waals surface area contributed by atoms with E-state index in [4.69, 9.17) is 12.3 Å². The van der Waals surface area contributed by atoms with Gasteiger partial charge in [-0.15, -0.1) is 0 Å². The molecule has 0 amide bonds. The van der Waals surface area contributed by atoms with Crippen molar-refractivity contribution in [3.05, 3.63) is 84.4 Å². The lowest BCUT2D eigenvalue weighted by Crippen LogP contribution is -2.64. The maximum atomic E-state index is 5.86. The summed E-state index contributed by atoms with van der Waals surface area (Å²) in [4.78, 5) is 0. The number of hydrogen-bond acceptors (Lipinski definition) is 3. The van der Waals surface area contributed by atoms with E-state index < -0.39 is 25.7 Å². The van der Waals surface area contributed by atoms with E-state index in [2.05, 4.69) is 104 Å². The van der Waals surface area contributed by atoms with Crippen LogP contribution in [0.15, 0.2) is 67.8 Å². The van der Waals surface area contributed by atoms with E-state index in [1.165, 1.54) is 16.7 Å². The molecule has 0 spiro atoms. The molecule has 0 atom stereocenters. The molecule has 0 saturated carbocycles. The maximum Gasteiger partial charge on any atom is 0.314 e. The van der Waals surface area contributed by atoms with Crippen LogP contribution >= 0.6 is 0 Å². The van der Waals surface area contributed by atoms with Crippen molar-refractivity contribution in [3.8, 4) is 0 Å². The highest BCUT2D eigenvalue weighted by atomic mass is 28.5. The van der Waals surface area contributed by atoms with E-state index in [0.29, 0.717) is 0 Å². The van der Waals surface area contributed by atoms with Crippen LogP contribution in [0.5, 0.6) is 0 Å². The SMILES string of the molecule is C=C(C)c1ccccc1.C=Cc1ccccc1C(C)(C)C.C[Si]1(C)O[Si](C)(C)O[Si](C)(C)O1. The Morgan fingerprint density at radius 1 is 0.727 bits per heavy atom. The number of rotatable bonds is 2. The van der Waals surface area contributed by atoms with Gasteiger partial charge >= 0.3 is 25.7 Å². The summed E-state index contributed by atoms with van der Waals surface area (Å²) in [6.45, 7) is 28.9. The summed E-state index contributed by atoms with van der Waals surface area (Å²) in [7, 11) is -5.59. The Kier molecular flexibility index (Phi) is 10.5. The molecule has 1 saturated heterocycles. The highest BCUT2D eigenvalue weighted by molar-refractivity contribution is 6.92. The molecule has 0 N–H and O–H groups in total. The van der Waals surface area contributed by atoms with Crippen molar-refractivity contribution in [2.45, 2.75) is 72.4 Å². The minimum atomic E-state index is -1.86. The normalized spacial score (nSPS) is 18.0. The van der Waals surface area contributed by atoms with Crippen LogP contribution < -0.4 is 0 Å². The number of benzene rings is 2. The van der Waals surface area contributed by atoms with Crippen LogP contribution in [0.4, 0.5) is 0 Å². The fourth-order valence-electron chi connectivity index (χ4n) is 3.92. The predicted molar refractivity (Wildman–Crippen MR) is 152 cm³/mol. The van der Waals surface area contributed by atoms with Crippen molar-refractivity contribution in [3.63, 3.8) is 0 Å². The first kappa shape index (κ1) is 29.5. The van der Waals surface area contributed by atoms with Gasteiger partial charge in [-0.25, -0.2) is 0 Å². The van der Waals surface area contributed by atoms with Gasteiger partial charge in [0.2, 0.25) is 0 Å². The Hall–Kier alpha value is -1.55. The summed E-state index contributed by atoms with van der Waals surface area (Å²) in [5.74, 6) is 0. The predicted octanol–water partition coefficient (Wildman–Crippen LogP) is 8.50. The van der Waals surface area contributed by atoms with Gasteiger partial charge in [0.05, 0.1) is 0 Å². The van der Waals surface area contributed by atoms with Gasteiger partial charge in [0.1, 0.15) is 0 Å². The van der Waals surface area contributed by atoms with Crippen molar-refractivity contribution in [1.82, 2.24) is 0 Å². The molecule has 3 rings (SSSR count). The van der Waals surface area contributed by atoms with Crippen LogP contribution in [0.3, 0.4) is 0 Å². The van der Waals surface area contributed by atoms with E-state index in [-0.39, 0.29) is 5.41 Å². The first-order valence-electron chi connectivity index (χ1n) is 11.5. The molecule has 2 aromatic rings. The van der Waals surface area contributed by atoms with Crippen LogP contribution in [-0.2, 0) is 17.8 Å². The Balaban J connectivity index is 0.000000250. The van der Waals surface area contributed by atoms with Gasteiger partial charge in [-0.05, 0) is 68.3 Å². The third kappa shape index (κ3) is 10.9. The second-order valence-electron chi connectivity index (χ2n) is 10.7. The highest BCUT2D eigenvalue weighted by Gasteiger charge is 2.50. The highest BCUT2D eigenvalue weighted by Crippen LogP contribution is 2.30. The van der Waals surface area contributed by atoms with Crippen LogP contribution in [-0.4, -0.2) is 25.7 Å². The van der Waals surface area contributed by atoms with Crippen LogP contribution in [0, 0.1) is 0 Å². The lowest BCUT2D eigenvalue weighted by Gasteiger charge is -2.46. The molecule has 2 aromatic carbocycles. The largest absolute Gasteiger partial charge is 0.416 e. The van der Waals surface area contributed by atoms with E-state index in [1.807, 2.05) is 37.3 Å². The van der Waals surface area contributed by atoms with Gasteiger partial charge in [0, 0.05) is 0 Å². The first-order valence-corrected chi connectivity index (χ1v) is 20.0. The molecule has 0 aliphatic carbocycles. The number of allylic oxidation sites excluding steroid dienone is 1. The summed E-state index contributed by atoms with van der Waals surface area (Å²) in [5.41, 5.74) is 5.16. The molecule has 1 fully saturated rings. The fourth-order valence-corrected chi connectivity index (χ4v) is 19.8. The first-order chi connectivity index (χ1) is 15.0.